The highest BCUT2D eigenvalue weighted by atomic mass is 79.9. The Labute approximate surface area is 188 Å². The normalized spacial score (nSPS) is 11.0. The average molecular weight is 477 g/mol. The van der Waals surface area contributed by atoms with E-state index < -0.39 is 0 Å². The van der Waals surface area contributed by atoms with Crippen LogP contribution in [0.2, 0.25) is 0 Å². The summed E-state index contributed by atoms with van der Waals surface area (Å²) in [5.41, 5.74) is 4.57. The summed E-state index contributed by atoms with van der Waals surface area (Å²) in [5, 5.41) is 4.37. The van der Waals surface area contributed by atoms with E-state index in [9.17, 15) is 0 Å². The Kier molecular flexibility index (Phi) is 7.72. The molecular formula is C23H29BrN2O2S. The maximum atomic E-state index is 5.46. The van der Waals surface area contributed by atoms with Crippen LogP contribution in [-0.4, -0.2) is 19.2 Å². The fraction of sp³-hybridized carbons (Fsp3) is 0.348. The second kappa shape index (κ2) is 9.63. The monoisotopic (exact) mass is 476 g/mol. The van der Waals surface area contributed by atoms with Crippen molar-refractivity contribution in [3.63, 3.8) is 0 Å². The number of rotatable bonds is 6. The van der Waals surface area contributed by atoms with Crippen LogP contribution in [0.4, 0.5) is 10.8 Å². The van der Waals surface area contributed by atoms with Gasteiger partial charge in [-0.2, -0.15) is 0 Å². The lowest BCUT2D eigenvalue weighted by Gasteiger charge is -2.18. The number of thiazole rings is 1. The summed E-state index contributed by atoms with van der Waals surface area (Å²) in [7, 11) is 3.32. The molecule has 0 aliphatic heterocycles. The first-order valence-corrected chi connectivity index (χ1v) is 10.2. The third-order valence-corrected chi connectivity index (χ3v) is 5.49. The lowest BCUT2D eigenvalue weighted by Crippen LogP contribution is -2.14. The second-order valence-corrected chi connectivity index (χ2v) is 8.98. The number of anilines is 2. The molecule has 0 fully saturated rings. The fourth-order valence-electron chi connectivity index (χ4n) is 3.05. The van der Waals surface area contributed by atoms with Crippen LogP contribution in [0.15, 0.2) is 42.5 Å². The molecule has 0 saturated heterocycles. The van der Waals surface area contributed by atoms with Gasteiger partial charge in [0.2, 0.25) is 0 Å². The molecule has 2 aromatic carbocycles. The number of halogens is 1. The number of benzene rings is 2. The highest BCUT2D eigenvalue weighted by Gasteiger charge is 2.24. The van der Waals surface area contributed by atoms with Gasteiger partial charge in [-0.3, -0.25) is 0 Å². The van der Waals surface area contributed by atoms with Gasteiger partial charge in [0.1, 0.15) is 0 Å². The number of ether oxygens (including phenoxy) is 2. The first-order valence-electron chi connectivity index (χ1n) is 9.35. The van der Waals surface area contributed by atoms with Crippen LogP contribution >= 0.6 is 28.3 Å². The van der Waals surface area contributed by atoms with Crippen molar-refractivity contribution in [1.82, 2.24) is 4.98 Å². The first kappa shape index (κ1) is 23.2. The molecule has 0 atom stereocenters. The Morgan fingerprint density at radius 3 is 2.21 bits per heavy atom. The van der Waals surface area contributed by atoms with Crippen LogP contribution in [0.1, 0.15) is 42.5 Å². The van der Waals surface area contributed by atoms with E-state index in [-0.39, 0.29) is 22.4 Å². The van der Waals surface area contributed by atoms with Crippen molar-refractivity contribution < 1.29 is 9.47 Å². The summed E-state index contributed by atoms with van der Waals surface area (Å²) in [4.78, 5) is 6.18. The zero-order chi connectivity index (χ0) is 20.3. The van der Waals surface area contributed by atoms with E-state index in [4.69, 9.17) is 14.5 Å². The van der Waals surface area contributed by atoms with Crippen LogP contribution in [0.3, 0.4) is 0 Å². The SMILES string of the molecule is Br.COc1ccc(Cc2sc(Nc3ccc(C)cc3)nc2C(C)(C)C)cc1OC. The third-order valence-electron chi connectivity index (χ3n) is 4.52. The van der Waals surface area contributed by atoms with Gasteiger partial charge in [0.25, 0.3) is 0 Å². The molecular weight excluding hydrogens is 448 g/mol. The lowest BCUT2D eigenvalue weighted by atomic mass is 9.90. The van der Waals surface area contributed by atoms with Gasteiger partial charge in [-0.25, -0.2) is 4.98 Å². The summed E-state index contributed by atoms with van der Waals surface area (Å²) < 4.78 is 10.8. The number of hydrogen-bond acceptors (Lipinski definition) is 5. The van der Waals surface area contributed by atoms with Gasteiger partial charge in [-0.05, 0) is 36.8 Å². The number of hydrogen-bond donors (Lipinski definition) is 1. The molecule has 29 heavy (non-hydrogen) atoms. The number of aromatic nitrogens is 1. The largest absolute Gasteiger partial charge is 0.493 e. The maximum Gasteiger partial charge on any atom is 0.187 e. The lowest BCUT2D eigenvalue weighted by molar-refractivity contribution is 0.354. The molecule has 1 N–H and O–H groups in total. The average Bonchev–Trinajstić information content (AvgIpc) is 3.06. The Balaban J connectivity index is 0.00000300. The number of aryl methyl sites for hydroxylation is 1. The summed E-state index contributed by atoms with van der Waals surface area (Å²) in [6.07, 6.45) is 0.806. The number of methoxy groups -OCH3 is 2. The zero-order valence-corrected chi connectivity index (χ0v) is 20.4. The van der Waals surface area contributed by atoms with Crippen LogP contribution < -0.4 is 14.8 Å². The summed E-state index contributed by atoms with van der Waals surface area (Å²) in [6.45, 7) is 8.70. The van der Waals surface area contributed by atoms with Gasteiger partial charge >= 0.3 is 0 Å². The van der Waals surface area contributed by atoms with E-state index >= 15 is 0 Å². The smallest absolute Gasteiger partial charge is 0.187 e. The highest BCUT2D eigenvalue weighted by molar-refractivity contribution is 8.93. The molecule has 0 saturated carbocycles. The Morgan fingerprint density at radius 2 is 1.62 bits per heavy atom. The second-order valence-electron chi connectivity index (χ2n) is 7.90. The van der Waals surface area contributed by atoms with Crippen LogP contribution in [-0.2, 0) is 11.8 Å². The van der Waals surface area contributed by atoms with Gasteiger partial charge in [0.15, 0.2) is 16.6 Å². The van der Waals surface area contributed by atoms with Crippen molar-refractivity contribution in [1.29, 1.82) is 0 Å². The summed E-state index contributed by atoms with van der Waals surface area (Å²) in [6, 6.07) is 14.5. The van der Waals surface area contributed by atoms with Crippen LogP contribution in [0.5, 0.6) is 11.5 Å². The standard InChI is InChI=1S/C23H28N2O2S.BrH/c1-15-7-10-17(11-8-15)24-22-25-21(23(2,3)4)20(28-22)14-16-9-12-18(26-5)19(13-16)27-6;/h7-13H,14H2,1-6H3,(H,24,25);1H. The van der Waals surface area contributed by atoms with Crippen molar-refractivity contribution in [2.75, 3.05) is 19.5 Å². The minimum Gasteiger partial charge on any atom is -0.493 e. The Morgan fingerprint density at radius 1 is 0.966 bits per heavy atom. The molecule has 6 heteroatoms. The maximum absolute atomic E-state index is 5.46. The zero-order valence-electron chi connectivity index (χ0n) is 17.8. The molecule has 3 rings (SSSR count). The van der Waals surface area contributed by atoms with Gasteiger partial charge in [-0.15, -0.1) is 28.3 Å². The predicted molar refractivity (Wildman–Crippen MR) is 128 cm³/mol. The van der Waals surface area contributed by atoms with Gasteiger partial charge in [-0.1, -0.05) is 44.5 Å². The molecule has 0 bridgehead atoms. The van der Waals surface area contributed by atoms with Crippen LogP contribution in [0, 0.1) is 6.92 Å². The van der Waals surface area contributed by atoms with E-state index in [1.165, 1.54) is 16.0 Å². The van der Waals surface area contributed by atoms with E-state index in [1.807, 2.05) is 12.1 Å². The van der Waals surface area contributed by atoms with Gasteiger partial charge in [0, 0.05) is 22.4 Å². The highest BCUT2D eigenvalue weighted by Crippen LogP contribution is 2.36. The van der Waals surface area contributed by atoms with Crippen molar-refractivity contribution in [3.05, 3.63) is 64.2 Å². The predicted octanol–water partition coefficient (Wildman–Crippen LogP) is 6.68. The fourth-order valence-corrected chi connectivity index (χ4v) is 4.27. The van der Waals surface area contributed by atoms with E-state index in [0.29, 0.717) is 0 Å². The van der Waals surface area contributed by atoms with E-state index in [2.05, 4.69) is 63.3 Å². The molecule has 0 spiro atoms. The Bertz CT molecular complexity index is 947. The molecule has 0 aliphatic rings. The summed E-state index contributed by atoms with van der Waals surface area (Å²) in [5.74, 6) is 1.49. The molecule has 0 unspecified atom stereocenters. The molecule has 0 radical (unpaired) electrons. The quantitative estimate of drug-likeness (QED) is 0.430. The Hall–Kier alpha value is -2.05. The van der Waals surface area contributed by atoms with Gasteiger partial charge < -0.3 is 14.8 Å². The van der Waals surface area contributed by atoms with E-state index in [0.717, 1.165) is 34.4 Å². The third kappa shape index (κ3) is 5.73. The number of nitrogens with one attached hydrogen (secondary N) is 1. The topological polar surface area (TPSA) is 43.4 Å². The molecule has 0 aliphatic carbocycles. The van der Waals surface area contributed by atoms with Crippen molar-refractivity contribution in [2.24, 2.45) is 0 Å². The molecule has 1 aromatic heterocycles. The molecule has 3 aromatic rings. The molecule has 0 amide bonds. The van der Waals surface area contributed by atoms with Gasteiger partial charge in [0.05, 0.1) is 19.9 Å². The summed E-state index contributed by atoms with van der Waals surface area (Å²) >= 11 is 1.71. The number of nitrogens with zero attached hydrogens (tertiary/aromatic N) is 1. The minimum atomic E-state index is -0.0321. The minimum absolute atomic E-state index is 0. The van der Waals surface area contributed by atoms with Crippen molar-refractivity contribution in [2.45, 2.75) is 39.5 Å². The van der Waals surface area contributed by atoms with E-state index in [1.54, 1.807) is 25.6 Å². The molecule has 1 heterocycles. The first-order chi connectivity index (χ1) is 13.3. The molecule has 156 valence electrons. The van der Waals surface area contributed by atoms with Crippen LogP contribution in [0.25, 0.3) is 0 Å². The molecule has 4 nitrogen and oxygen atoms in total. The van der Waals surface area contributed by atoms with Crippen molar-refractivity contribution >= 4 is 39.1 Å². The van der Waals surface area contributed by atoms with Crippen molar-refractivity contribution in [3.8, 4) is 11.5 Å².